The predicted octanol–water partition coefficient (Wildman–Crippen LogP) is 3.83. The second-order valence-corrected chi connectivity index (χ2v) is 10.8. The van der Waals surface area contributed by atoms with Crippen LogP contribution < -0.4 is 11.1 Å². The van der Waals surface area contributed by atoms with E-state index in [2.05, 4.69) is 33.9 Å². The van der Waals surface area contributed by atoms with Crippen LogP contribution in [0.25, 0.3) is 10.9 Å². The molecule has 1 aromatic heterocycles. The Hall–Kier alpha value is -1.54. The van der Waals surface area contributed by atoms with Crippen molar-refractivity contribution in [3.05, 3.63) is 53.6 Å². The van der Waals surface area contributed by atoms with Gasteiger partial charge in [-0.25, -0.2) is 0 Å². The number of ether oxygens (including phenoxy) is 1. The molecule has 1 amide bonds. The largest absolute Gasteiger partial charge is 0.369 e. The Labute approximate surface area is 185 Å². The molecule has 158 valence electrons. The Morgan fingerprint density at radius 2 is 2.10 bits per heavy atom. The molecule has 30 heavy (non-hydrogen) atoms. The van der Waals surface area contributed by atoms with E-state index in [1.165, 1.54) is 5.56 Å². The van der Waals surface area contributed by atoms with Crippen LogP contribution in [0.1, 0.15) is 31.2 Å². The molecule has 1 saturated carbocycles. The van der Waals surface area contributed by atoms with Gasteiger partial charge in [-0.05, 0) is 54.7 Å². The third-order valence-corrected chi connectivity index (χ3v) is 9.42. The van der Waals surface area contributed by atoms with Crippen molar-refractivity contribution in [2.75, 3.05) is 12.4 Å². The van der Waals surface area contributed by atoms with Crippen LogP contribution in [0.15, 0.2) is 48.0 Å². The molecule has 0 bridgehead atoms. The van der Waals surface area contributed by atoms with Crippen molar-refractivity contribution in [1.29, 1.82) is 0 Å². The van der Waals surface area contributed by atoms with Crippen LogP contribution in [0.5, 0.6) is 0 Å². The Balaban J connectivity index is 1.41. The van der Waals surface area contributed by atoms with Crippen molar-refractivity contribution in [3.8, 4) is 0 Å². The van der Waals surface area contributed by atoms with E-state index >= 15 is 0 Å². The van der Waals surface area contributed by atoms with Crippen LogP contribution in [0, 0.1) is 5.92 Å². The molecule has 1 aromatic carbocycles. The Kier molecular flexibility index (Phi) is 5.56. The van der Waals surface area contributed by atoms with Gasteiger partial charge in [0.15, 0.2) is 0 Å². The first-order chi connectivity index (χ1) is 14.6. The van der Waals surface area contributed by atoms with Crippen LogP contribution in [0.3, 0.4) is 0 Å². The van der Waals surface area contributed by atoms with Gasteiger partial charge in [0.1, 0.15) is 10.2 Å². The number of nitrogens with zero attached hydrogens (tertiary/aromatic N) is 1. The lowest BCUT2D eigenvalue weighted by Gasteiger charge is -2.46. The van der Waals surface area contributed by atoms with E-state index in [0.717, 1.165) is 48.9 Å². The number of nitrogens with one attached hydrogen (secondary N) is 1. The van der Waals surface area contributed by atoms with E-state index in [1.807, 2.05) is 36.2 Å². The first-order valence-corrected chi connectivity index (χ1v) is 12.5. The average Bonchev–Trinajstić information content (AvgIpc) is 3.41. The Bertz CT molecular complexity index is 961. The van der Waals surface area contributed by atoms with Crippen LogP contribution in [0.4, 0.5) is 0 Å². The number of hydrogen-bond acceptors (Lipinski definition) is 6. The zero-order chi connectivity index (χ0) is 20.6. The molecule has 1 saturated heterocycles. The summed E-state index contributed by atoms with van der Waals surface area (Å²) in [6.45, 7) is 1.53. The summed E-state index contributed by atoms with van der Waals surface area (Å²) < 4.78 is 6.10. The number of rotatable bonds is 5. The zero-order valence-electron chi connectivity index (χ0n) is 16.9. The van der Waals surface area contributed by atoms with Gasteiger partial charge in [0.25, 0.3) is 0 Å². The number of carbonyl (C=O) groups excluding carboxylic acids is 1. The van der Waals surface area contributed by atoms with Crippen molar-refractivity contribution >= 4 is 40.3 Å². The summed E-state index contributed by atoms with van der Waals surface area (Å²) in [5.41, 5.74) is 7.63. The monoisotopic (exact) mass is 441 g/mol. The van der Waals surface area contributed by atoms with Crippen molar-refractivity contribution in [1.82, 2.24) is 10.3 Å². The van der Waals surface area contributed by atoms with E-state index in [1.54, 1.807) is 11.8 Å². The molecule has 7 heteroatoms. The second kappa shape index (κ2) is 8.19. The van der Waals surface area contributed by atoms with Crippen molar-refractivity contribution < 1.29 is 9.53 Å². The van der Waals surface area contributed by atoms with Crippen LogP contribution in [0.2, 0.25) is 0 Å². The summed E-state index contributed by atoms with van der Waals surface area (Å²) in [6.07, 6.45) is 8.19. The molecule has 1 spiro atoms. The molecule has 0 radical (unpaired) electrons. The number of nitrogens with two attached hydrogens (primary N) is 1. The summed E-state index contributed by atoms with van der Waals surface area (Å²) in [4.78, 5) is 16.9. The van der Waals surface area contributed by atoms with Gasteiger partial charge >= 0.3 is 0 Å². The fraction of sp³-hybridized carbons (Fsp3) is 0.478. The molecule has 5 nitrogen and oxygen atoms in total. The molecule has 2 atom stereocenters. The van der Waals surface area contributed by atoms with Gasteiger partial charge in [0.2, 0.25) is 5.91 Å². The SMILES string of the molecule is NC(=O)[C@@H]1SC=C[C@]1(NCc1ccnc2ccccc12)C1CCC2(CC1)OCCS2. The zero-order valence-corrected chi connectivity index (χ0v) is 18.5. The predicted molar refractivity (Wildman–Crippen MR) is 124 cm³/mol. The lowest BCUT2D eigenvalue weighted by Crippen LogP contribution is -2.60. The van der Waals surface area contributed by atoms with Crippen LogP contribution >= 0.6 is 23.5 Å². The number of benzene rings is 1. The quantitative estimate of drug-likeness (QED) is 0.734. The first-order valence-electron chi connectivity index (χ1n) is 10.6. The molecule has 2 aromatic rings. The molecule has 1 aliphatic carbocycles. The number of fused-ring (bicyclic) bond motifs is 1. The minimum Gasteiger partial charge on any atom is -0.369 e. The summed E-state index contributed by atoms with van der Waals surface area (Å²) >= 11 is 3.51. The Morgan fingerprint density at radius 1 is 1.27 bits per heavy atom. The van der Waals surface area contributed by atoms with Gasteiger partial charge < -0.3 is 15.8 Å². The molecule has 0 unspecified atom stereocenters. The van der Waals surface area contributed by atoms with Crippen LogP contribution in [-0.4, -0.2) is 39.0 Å². The van der Waals surface area contributed by atoms with Gasteiger partial charge in [-0.3, -0.25) is 9.78 Å². The summed E-state index contributed by atoms with van der Waals surface area (Å²) in [5, 5.41) is 6.71. The fourth-order valence-corrected chi connectivity index (χ4v) is 7.66. The van der Waals surface area contributed by atoms with E-state index in [-0.39, 0.29) is 16.1 Å². The van der Waals surface area contributed by atoms with E-state index in [4.69, 9.17) is 10.5 Å². The third-order valence-electron chi connectivity index (χ3n) is 6.81. The van der Waals surface area contributed by atoms with Gasteiger partial charge in [0.05, 0.1) is 17.7 Å². The summed E-state index contributed by atoms with van der Waals surface area (Å²) in [7, 11) is 0. The number of primary amides is 1. The minimum absolute atomic E-state index is 0.00330. The highest BCUT2D eigenvalue weighted by Gasteiger charge is 2.52. The molecule has 2 aliphatic heterocycles. The molecule has 3 N–H and O–H groups in total. The summed E-state index contributed by atoms with van der Waals surface area (Å²) in [6, 6.07) is 10.3. The molecular weight excluding hydrogens is 414 g/mol. The maximum absolute atomic E-state index is 12.4. The highest BCUT2D eigenvalue weighted by molar-refractivity contribution is 8.03. The highest BCUT2D eigenvalue weighted by Crippen LogP contribution is 2.51. The average molecular weight is 442 g/mol. The lowest BCUT2D eigenvalue weighted by molar-refractivity contribution is -0.119. The maximum atomic E-state index is 12.4. The normalized spacial score (nSPS) is 33.5. The molecular formula is C23H27N3O2S2. The van der Waals surface area contributed by atoms with E-state index in [9.17, 15) is 4.79 Å². The van der Waals surface area contributed by atoms with Gasteiger partial charge in [-0.2, -0.15) is 0 Å². The molecule has 2 fully saturated rings. The molecule has 3 heterocycles. The van der Waals surface area contributed by atoms with Gasteiger partial charge in [-0.1, -0.05) is 24.3 Å². The number of carbonyl (C=O) groups is 1. The number of aromatic nitrogens is 1. The number of para-hydroxylation sites is 1. The standard InChI is InChI=1S/C23H27N3O2S2/c24-21(27)20-23(10-13-29-20,17-5-8-22(9-6-17)28-12-14-30-22)26-15-16-7-11-25-19-4-2-1-3-18(16)19/h1-4,7,10-11,13,17,20,26H,5-6,8-9,12,14-15H2,(H2,24,27)/t17?,20-,22?,23-/m0/s1. The molecule has 5 rings (SSSR count). The second-order valence-electron chi connectivity index (χ2n) is 8.38. The third kappa shape index (κ3) is 3.55. The number of pyridine rings is 1. The smallest absolute Gasteiger partial charge is 0.233 e. The highest BCUT2D eigenvalue weighted by atomic mass is 32.2. The molecule has 3 aliphatic rings. The number of amides is 1. The first kappa shape index (κ1) is 20.4. The van der Waals surface area contributed by atoms with Crippen LogP contribution in [-0.2, 0) is 16.1 Å². The topological polar surface area (TPSA) is 77.2 Å². The maximum Gasteiger partial charge on any atom is 0.233 e. The van der Waals surface area contributed by atoms with E-state index in [0.29, 0.717) is 12.5 Å². The van der Waals surface area contributed by atoms with Gasteiger partial charge in [-0.15, -0.1) is 23.5 Å². The van der Waals surface area contributed by atoms with Gasteiger partial charge in [0, 0.05) is 23.9 Å². The Morgan fingerprint density at radius 3 is 2.87 bits per heavy atom. The minimum atomic E-state index is -0.425. The van der Waals surface area contributed by atoms with Crippen molar-refractivity contribution in [3.63, 3.8) is 0 Å². The van der Waals surface area contributed by atoms with Crippen molar-refractivity contribution in [2.24, 2.45) is 11.7 Å². The lowest BCUT2D eigenvalue weighted by atomic mass is 9.71. The number of thioether (sulfide) groups is 2. The fourth-order valence-electron chi connectivity index (χ4n) is 5.26. The number of hydrogen-bond donors (Lipinski definition) is 2. The van der Waals surface area contributed by atoms with E-state index < -0.39 is 5.54 Å². The van der Waals surface area contributed by atoms with Crippen molar-refractivity contribution in [2.45, 2.75) is 47.9 Å². The summed E-state index contributed by atoms with van der Waals surface area (Å²) in [5.74, 6) is 1.19.